The van der Waals surface area contributed by atoms with Crippen molar-refractivity contribution in [3.63, 3.8) is 0 Å². The predicted octanol–water partition coefficient (Wildman–Crippen LogP) is 3.93. The van der Waals surface area contributed by atoms with Crippen molar-refractivity contribution in [3.05, 3.63) is 40.2 Å². The molecule has 2 aliphatic rings. The van der Waals surface area contributed by atoms with E-state index in [4.69, 9.17) is 30.8 Å². The Labute approximate surface area is 226 Å². The first-order valence-electron chi connectivity index (χ1n) is 13.0. The maximum Gasteiger partial charge on any atom is 0.163 e. The minimum absolute atomic E-state index is 0.116. The molecule has 1 saturated carbocycles. The molecular weight excluding hydrogens is 511 g/mol. The van der Waals surface area contributed by atoms with Crippen molar-refractivity contribution >= 4 is 17.4 Å². The fourth-order valence-corrected chi connectivity index (χ4v) is 5.14. The van der Waals surface area contributed by atoms with Gasteiger partial charge in [-0.05, 0) is 58.9 Å². The first kappa shape index (κ1) is 26.8. The van der Waals surface area contributed by atoms with Crippen LogP contribution in [0.3, 0.4) is 0 Å². The Morgan fingerprint density at radius 3 is 2.71 bits per heavy atom. The van der Waals surface area contributed by atoms with Crippen LogP contribution in [0.2, 0.25) is 5.02 Å². The summed E-state index contributed by atoms with van der Waals surface area (Å²) in [6, 6.07) is 5.31. The Bertz CT molecular complexity index is 1280. The Hall–Kier alpha value is -2.79. The van der Waals surface area contributed by atoms with Crippen LogP contribution in [-0.2, 0) is 0 Å². The Balaban J connectivity index is 1.53. The first-order chi connectivity index (χ1) is 18.2. The molecule has 0 radical (unpaired) electrons. The average Bonchev–Trinajstić information content (AvgIpc) is 3.60. The van der Waals surface area contributed by atoms with Crippen LogP contribution < -0.4 is 15.4 Å². The molecule has 1 saturated heterocycles. The lowest BCUT2D eigenvalue weighted by Gasteiger charge is -2.20. The minimum atomic E-state index is -1.000. The molecule has 0 bridgehead atoms. The largest absolute Gasteiger partial charge is 0.491 e. The molecule has 9 nitrogen and oxygen atoms in total. The van der Waals surface area contributed by atoms with Gasteiger partial charge in [-0.25, -0.2) is 14.4 Å². The third kappa shape index (κ3) is 5.63. The van der Waals surface area contributed by atoms with Crippen LogP contribution >= 0.6 is 11.6 Å². The van der Waals surface area contributed by atoms with E-state index in [0.29, 0.717) is 70.8 Å². The summed E-state index contributed by atoms with van der Waals surface area (Å²) in [6.45, 7) is 7.20. The maximum atomic E-state index is 15.1. The second-order valence-electron chi connectivity index (χ2n) is 10.2. The van der Waals surface area contributed by atoms with Crippen LogP contribution in [0.1, 0.15) is 29.9 Å². The lowest BCUT2D eigenvalue weighted by molar-refractivity contribution is 0.108. The van der Waals surface area contributed by atoms with E-state index in [1.807, 2.05) is 20.8 Å². The van der Waals surface area contributed by atoms with Gasteiger partial charge in [-0.3, -0.25) is 4.90 Å². The number of aromatic nitrogens is 3. The lowest BCUT2D eigenvalue weighted by Crippen LogP contribution is -2.31. The van der Waals surface area contributed by atoms with Crippen molar-refractivity contribution in [2.24, 2.45) is 0 Å². The number of alkyl halides is 1. The molecule has 1 aliphatic heterocycles. The van der Waals surface area contributed by atoms with E-state index in [1.54, 1.807) is 25.2 Å². The summed E-state index contributed by atoms with van der Waals surface area (Å²) < 4.78 is 26.3. The second-order valence-corrected chi connectivity index (χ2v) is 10.6. The van der Waals surface area contributed by atoms with Crippen molar-refractivity contribution in [2.75, 3.05) is 38.6 Å². The van der Waals surface area contributed by atoms with Crippen molar-refractivity contribution in [2.45, 2.75) is 58.0 Å². The van der Waals surface area contributed by atoms with E-state index < -0.39 is 12.3 Å². The van der Waals surface area contributed by atoms with Gasteiger partial charge in [-0.15, -0.1) is 0 Å². The van der Waals surface area contributed by atoms with Gasteiger partial charge in [0.1, 0.15) is 36.2 Å². The van der Waals surface area contributed by atoms with Crippen molar-refractivity contribution in [3.8, 4) is 28.4 Å². The maximum absolute atomic E-state index is 15.1. The number of aryl methyl sites for hydroxylation is 2. The van der Waals surface area contributed by atoms with Gasteiger partial charge < -0.3 is 25.0 Å². The molecule has 3 aromatic rings. The molecule has 3 heterocycles. The van der Waals surface area contributed by atoms with Gasteiger partial charge in [0.05, 0.1) is 28.0 Å². The van der Waals surface area contributed by atoms with Crippen LogP contribution in [0.15, 0.2) is 22.7 Å². The van der Waals surface area contributed by atoms with Crippen molar-refractivity contribution in [1.82, 2.24) is 25.3 Å². The molecule has 0 unspecified atom stereocenters. The fourth-order valence-electron chi connectivity index (χ4n) is 4.94. The average molecular weight is 545 g/mol. The number of nitrogens with zero attached hydrogens (tertiary/aromatic N) is 4. The molecule has 1 aromatic carbocycles. The molecule has 2 fully saturated rings. The molecule has 38 heavy (non-hydrogen) atoms. The number of likely N-dealkylation sites (N-methyl/N-ethyl adjacent to an activating group) is 1. The van der Waals surface area contributed by atoms with Crippen molar-refractivity contribution < 1.29 is 18.8 Å². The van der Waals surface area contributed by atoms with Crippen LogP contribution in [0.25, 0.3) is 22.6 Å². The Morgan fingerprint density at radius 1 is 1.24 bits per heavy atom. The number of rotatable bonds is 10. The monoisotopic (exact) mass is 544 g/mol. The molecule has 0 amide bonds. The number of nitrogens with one attached hydrogen (secondary N) is 2. The van der Waals surface area contributed by atoms with Gasteiger partial charge in [0, 0.05) is 36.8 Å². The highest BCUT2D eigenvalue weighted by Crippen LogP contribution is 2.37. The molecule has 1 aliphatic carbocycles. The number of hydrogen-bond donors (Lipinski definition) is 3. The summed E-state index contributed by atoms with van der Waals surface area (Å²) in [5.74, 6) is 2.07. The van der Waals surface area contributed by atoms with Gasteiger partial charge in [-0.2, -0.15) is 0 Å². The number of aliphatic hydroxyl groups excluding tert-OH is 1. The standard InChI is InChI=1S/C27H34ClFN6O3/c1-14-25(24-15(2)34-38-16(24)3)32-27(20-9-19(7-8-21(20)28)37-13-18(36)10-30-4)33-26(14)31-23-12-35(11-22(23)29)17-5-6-17/h7-9,17-18,22-23,30,36H,5-6,10-13H2,1-4H3,(H,31,32,33)/t18-,22+,23+/m1/s1. The zero-order chi connectivity index (χ0) is 27.0. The molecule has 204 valence electrons. The third-order valence-corrected chi connectivity index (χ3v) is 7.47. The molecule has 0 spiro atoms. The number of anilines is 1. The number of aliphatic hydroxyl groups is 1. The fraction of sp³-hybridized carbons (Fsp3) is 0.519. The van der Waals surface area contributed by atoms with Crippen LogP contribution in [0.4, 0.5) is 10.2 Å². The summed E-state index contributed by atoms with van der Waals surface area (Å²) in [5.41, 5.74) is 3.46. The highest BCUT2D eigenvalue weighted by atomic mass is 35.5. The predicted molar refractivity (Wildman–Crippen MR) is 145 cm³/mol. The quantitative estimate of drug-likeness (QED) is 0.350. The van der Waals surface area contributed by atoms with E-state index in [2.05, 4.69) is 20.7 Å². The summed E-state index contributed by atoms with van der Waals surface area (Å²) in [4.78, 5) is 11.9. The zero-order valence-corrected chi connectivity index (χ0v) is 22.8. The number of hydrogen-bond acceptors (Lipinski definition) is 9. The second kappa shape index (κ2) is 11.1. The van der Waals surface area contributed by atoms with Crippen LogP contribution in [0.5, 0.6) is 5.75 Å². The molecule has 3 N–H and O–H groups in total. The Morgan fingerprint density at radius 2 is 2.03 bits per heavy atom. The number of ether oxygens (including phenoxy) is 1. The summed E-state index contributed by atoms with van der Waals surface area (Å²) in [7, 11) is 1.76. The van der Waals surface area contributed by atoms with E-state index in [0.717, 1.165) is 24.0 Å². The van der Waals surface area contributed by atoms with E-state index in [1.165, 1.54) is 0 Å². The van der Waals surface area contributed by atoms with Gasteiger partial charge in [-0.1, -0.05) is 16.8 Å². The molecule has 2 aromatic heterocycles. The third-order valence-electron chi connectivity index (χ3n) is 7.14. The van der Waals surface area contributed by atoms with Gasteiger partial charge in [0.25, 0.3) is 0 Å². The van der Waals surface area contributed by atoms with E-state index >= 15 is 4.39 Å². The van der Waals surface area contributed by atoms with E-state index in [-0.39, 0.29) is 12.6 Å². The van der Waals surface area contributed by atoms with E-state index in [9.17, 15) is 5.11 Å². The lowest BCUT2D eigenvalue weighted by atomic mass is 10.0. The molecule has 3 atom stereocenters. The van der Waals surface area contributed by atoms with Gasteiger partial charge >= 0.3 is 0 Å². The SMILES string of the molecule is CNC[C@@H](O)COc1ccc(Cl)c(-c2nc(N[C@H]3CN(C4CC4)C[C@@H]3F)c(C)c(-c3c(C)noc3C)n2)c1. The molecular formula is C27H34ClFN6O3. The topological polar surface area (TPSA) is 109 Å². The summed E-state index contributed by atoms with van der Waals surface area (Å²) in [5, 5.41) is 20.9. The zero-order valence-electron chi connectivity index (χ0n) is 22.1. The summed E-state index contributed by atoms with van der Waals surface area (Å²) in [6.07, 6.45) is 0.608. The number of halogens is 2. The smallest absolute Gasteiger partial charge is 0.163 e. The molecule has 11 heteroatoms. The van der Waals surface area contributed by atoms with Gasteiger partial charge in [0.15, 0.2) is 5.82 Å². The normalized spacial score (nSPS) is 20.6. The minimum Gasteiger partial charge on any atom is -0.491 e. The highest BCUT2D eigenvalue weighted by Gasteiger charge is 2.40. The van der Waals surface area contributed by atoms with Crippen LogP contribution in [-0.4, -0.2) is 82.8 Å². The van der Waals surface area contributed by atoms with Gasteiger partial charge in [0.2, 0.25) is 0 Å². The number of benzene rings is 1. The number of likely N-dealkylation sites (tertiary alicyclic amines) is 1. The first-order valence-corrected chi connectivity index (χ1v) is 13.3. The highest BCUT2D eigenvalue weighted by molar-refractivity contribution is 6.33. The van der Waals surface area contributed by atoms with Crippen molar-refractivity contribution in [1.29, 1.82) is 0 Å². The summed E-state index contributed by atoms with van der Waals surface area (Å²) >= 11 is 6.62. The van der Waals surface area contributed by atoms with Crippen LogP contribution in [0, 0.1) is 20.8 Å². The Kier molecular flexibility index (Phi) is 7.85. The molecule has 5 rings (SSSR count).